The maximum Gasteiger partial charge on any atom is 0.249 e. The number of aromatic hydroxyl groups is 1. The van der Waals surface area contributed by atoms with Gasteiger partial charge in [-0.1, -0.05) is 6.07 Å². The molecule has 0 saturated heterocycles. The lowest BCUT2D eigenvalue weighted by Gasteiger charge is -2.08. The second-order valence-electron chi connectivity index (χ2n) is 3.13. The standard InChI is InChI=1S/C11H9BrN2O3/c1-16-7-3-2-4-8(5-7)17-9-6-13-14-11(15)10(9)12/h2-6H,1H3,(H,14,15). The third kappa shape index (κ3) is 2.65. The highest BCUT2D eigenvalue weighted by atomic mass is 79.9. The van der Waals surface area contributed by atoms with Crippen LogP contribution in [0.25, 0.3) is 0 Å². The van der Waals surface area contributed by atoms with Crippen LogP contribution in [0.4, 0.5) is 0 Å². The van der Waals surface area contributed by atoms with E-state index < -0.39 is 0 Å². The number of benzene rings is 1. The Morgan fingerprint density at radius 1 is 1.29 bits per heavy atom. The van der Waals surface area contributed by atoms with Crippen molar-refractivity contribution in [1.29, 1.82) is 0 Å². The van der Waals surface area contributed by atoms with Crippen LogP contribution >= 0.6 is 15.9 Å². The highest BCUT2D eigenvalue weighted by molar-refractivity contribution is 9.10. The van der Waals surface area contributed by atoms with Gasteiger partial charge in [-0.25, -0.2) is 0 Å². The van der Waals surface area contributed by atoms with Gasteiger partial charge in [-0.05, 0) is 28.1 Å². The molecule has 0 unspecified atom stereocenters. The van der Waals surface area contributed by atoms with Crippen LogP contribution < -0.4 is 9.47 Å². The van der Waals surface area contributed by atoms with E-state index in [1.165, 1.54) is 6.20 Å². The molecular formula is C11H9BrN2O3. The highest BCUT2D eigenvalue weighted by Crippen LogP contribution is 2.34. The zero-order valence-electron chi connectivity index (χ0n) is 8.92. The Morgan fingerprint density at radius 3 is 2.82 bits per heavy atom. The van der Waals surface area contributed by atoms with Crippen molar-refractivity contribution in [1.82, 2.24) is 10.2 Å². The summed E-state index contributed by atoms with van der Waals surface area (Å²) >= 11 is 3.16. The smallest absolute Gasteiger partial charge is 0.249 e. The number of halogens is 1. The fourth-order valence-electron chi connectivity index (χ4n) is 1.21. The SMILES string of the molecule is COc1cccc(Oc2cnnc(O)c2Br)c1. The second-order valence-corrected chi connectivity index (χ2v) is 3.92. The van der Waals surface area contributed by atoms with Crippen LogP contribution in [0.1, 0.15) is 0 Å². The lowest BCUT2D eigenvalue weighted by atomic mass is 10.3. The van der Waals surface area contributed by atoms with E-state index in [4.69, 9.17) is 9.47 Å². The summed E-state index contributed by atoms with van der Waals surface area (Å²) in [6.45, 7) is 0. The number of hydrogen-bond acceptors (Lipinski definition) is 5. The van der Waals surface area contributed by atoms with Gasteiger partial charge in [-0.2, -0.15) is 5.10 Å². The normalized spacial score (nSPS) is 10.0. The molecule has 0 fully saturated rings. The van der Waals surface area contributed by atoms with Gasteiger partial charge >= 0.3 is 0 Å². The molecular weight excluding hydrogens is 288 g/mol. The van der Waals surface area contributed by atoms with Gasteiger partial charge in [-0.15, -0.1) is 5.10 Å². The van der Waals surface area contributed by atoms with Crippen LogP contribution in [-0.2, 0) is 0 Å². The molecule has 0 atom stereocenters. The third-order valence-electron chi connectivity index (χ3n) is 2.01. The van der Waals surface area contributed by atoms with Crippen LogP contribution in [0.2, 0.25) is 0 Å². The molecule has 1 aromatic heterocycles. The molecule has 2 aromatic rings. The molecule has 88 valence electrons. The van der Waals surface area contributed by atoms with Gasteiger partial charge in [-0.3, -0.25) is 0 Å². The summed E-state index contributed by atoms with van der Waals surface area (Å²) in [7, 11) is 1.58. The Bertz CT molecular complexity index is 534. The zero-order chi connectivity index (χ0) is 12.3. The first-order chi connectivity index (χ1) is 8.20. The van der Waals surface area contributed by atoms with E-state index in [0.717, 1.165) is 0 Å². The fraction of sp³-hybridized carbons (Fsp3) is 0.0909. The van der Waals surface area contributed by atoms with Crippen molar-refractivity contribution < 1.29 is 14.6 Å². The molecule has 1 aromatic carbocycles. The minimum absolute atomic E-state index is 0.217. The lowest BCUT2D eigenvalue weighted by molar-refractivity contribution is 0.405. The molecule has 6 heteroatoms. The summed E-state index contributed by atoms with van der Waals surface area (Å²) in [5.74, 6) is 1.43. The maximum absolute atomic E-state index is 9.35. The quantitative estimate of drug-likeness (QED) is 0.943. The van der Waals surface area contributed by atoms with Crippen molar-refractivity contribution in [3.63, 3.8) is 0 Å². The average molecular weight is 297 g/mol. The van der Waals surface area contributed by atoms with Gasteiger partial charge in [0.2, 0.25) is 5.88 Å². The predicted molar refractivity (Wildman–Crippen MR) is 64.5 cm³/mol. The summed E-state index contributed by atoms with van der Waals surface area (Å²) < 4.78 is 11.0. The first-order valence-corrected chi connectivity index (χ1v) is 5.52. The fourth-order valence-corrected chi connectivity index (χ4v) is 1.47. The minimum atomic E-state index is -0.217. The number of nitrogens with zero attached hydrogens (tertiary/aromatic N) is 2. The molecule has 0 aliphatic rings. The second kappa shape index (κ2) is 5.01. The Balaban J connectivity index is 2.28. The molecule has 17 heavy (non-hydrogen) atoms. The number of hydrogen-bond donors (Lipinski definition) is 1. The van der Waals surface area contributed by atoms with Gasteiger partial charge in [0, 0.05) is 6.07 Å². The summed E-state index contributed by atoms with van der Waals surface area (Å²) in [5.41, 5.74) is 0. The number of aromatic nitrogens is 2. The van der Waals surface area contributed by atoms with E-state index in [2.05, 4.69) is 26.1 Å². The first-order valence-electron chi connectivity index (χ1n) is 4.73. The van der Waals surface area contributed by atoms with Crippen molar-refractivity contribution in [2.45, 2.75) is 0 Å². The highest BCUT2D eigenvalue weighted by Gasteiger charge is 2.09. The van der Waals surface area contributed by atoms with Gasteiger partial charge < -0.3 is 14.6 Å². The Kier molecular flexibility index (Phi) is 3.43. The molecule has 0 radical (unpaired) electrons. The van der Waals surface area contributed by atoms with Crippen molar-refractivity contribution in [3.05, 3.63) is 34.9 Å². The summed E-state index contributed by atoms with van der Waals surface area (Å²) in [5, 5.41) is 16.4. The topological polar surface area (TPSA) is 64.5 Å². The van der Waals surface area contributed by atoms with Crippen molar-refractivity contribution in [2.75, 3.05) is 7.11 Å². The minimum Gasteiger partial charge on any atom is -0.497 e. The summed E-state index contributed by atoms with van der Waals surface area (Å²) in [6, 6.07) is 7.11. The number of methoxy groups -OCH3 is 1. The Labute approximate surface area is 106 Å². The van der Waals surface area contributed by atoms with E-state index >= 15 is 0 Å². The molecule has 2 rings (SSSR count). The summed E-state index contributed by atoms with van der Waals surface area (Å²) in [6.07, 6.45) is 1.41. The maximum atomic E-state index is 9.35. The predicted octanol–water partition coefficient (Wildman–Crippen LogP) is 2.75. The molecule has 0 aliphatic heterocycles. The Hall–Kier alpha value is -1.82. The van der Waals surface area contributed by atoms with Crippen LogP contribution in [-0.4, -0.2) is 22.4 Å². The van der Waals surface area contributed by atoms with E-state index in [9.17, 15) is 5.11 Å². The van der Waals surface area contributed by atoms with Crippen molar-refractivity contribution in [3.8, 4) is 23.1 Å². The van der Waals surface area contributed by atoms with Crippen molar-refractivity contribution in [2.24, 2.45) is 0 Å². The lowest BCUT2D eigenvalue weighted by Crippen LogP contribution is -1.90. The van der Waals surface area contributed by atoms with E-state index in [-0.39, 0.29) is 5.88 Å². The van der Waals surface area contributed by atoms with Gasteiger partial charge in [0.05, 0.1) is 13.3 Å². The van der Waals surface area contributed by atoms with E-state index in [0.29, 0.717) is 21.7 Å². The van der Waals surface area contributed by atoms with E-state index in [1.807, 2.05) is 6.07 Å². The van der Waals surface area contributed by atoms with Gasteiger partial charge in [0.1, 0.15) is 16.0 Å². The number of ether oxygens (including phenoxy) is 2. The molecule has 0 aliphatic carbocycles. The molecule has 1 heterocycles. The molecule has 0 saturated carbocycles. The molecule has 0 bridgehead atoms. The van der Waals surface area contributed by atoms with Gasteiger partial charge in [0.15, 0.2) is 5.75 Å². The monoisotopic (exact) mass is 296 g/mol. The molecule has 0 spiro atoms. The van der Waals surface area contributed by atoms with E-state index in [1.54, 1.807) is 25.3 Å². The molecule has 1 N–H and O–H groups in total. The van der Waals surface area contributed by atoms with Crippen molar-refractivity contribution >= 4 is 15.9 Å². The van der Waals surface area contributed by atoms with Crippen LogP contribution in [0.5, 0.6) is 23.1 Å². The third-order valence-corrected chi connectivity index (χ3v) is 2.75. The van der Waals surface area contributed by atoms with Gasteiger partial charge in [0.25, 0.3) is 0 Å². The Morgan fingerprint density at radius 2 is 2.06 bits per heavy atom. The zero-order valence-corrected chi connectivity index (χ0v) is 10.5. The molecule has 0 amide bonds. The van der Waals surface area contributed by atoms with Crippen LogP contribution in [0, 0.1) is 0 Å². The summed E-state index contributed by atoms with van der Waals surface area (Å²) in [4.78, 5) is 0. The largest absolute Gasteiger partial charge is 0.497 e. The van der Waals surface area contributed by atoms with Crippen LogP contribution in [0.15, 0.2) is 34.9 Å². The average Bonchev–Trinajstić information content (AvgIpc) is 2.35. The van der Waals surface area contributed by atoms with Crippen LogP contribution in [0.3, 0.4) is 0 Å². The number of rotatable bonds is 3. The molecule has 5 nitrogen and oxygen atoms in total. The first kappa shape index (κ1) is 11.7.